The topological polar surface area (TPSA) is 37.7 Å². The molecule has 1 atom stereocenters. The SMILES string of the molecule is CN1c2cc(F)cc(F)c2C2(CCCCC2)C12C=Nc1c(ccc3cnccc13)O2. The molecular formula is C24H21F2N3O. The first kappa shape index (κ1) is 17.8. The number of aromatic nitrogens is 1. The van der Waals surface area contributed by atoms with Gasteiger partial charge in [-0.25, -0.2) is 8.78 Å². The van der Waals surface area contributed by atoms with Gasteiger partial charge >= 0.3 is 0 Å². The van der Waals surface area contributed by atoms with Crippen molar-refractivity contribution in [3.63, 3.8) is 0 Å². The molecule has 4 nitrogen and oxygen atoms in total. The molecule has 1 aliphatic carbocycles. The average molecular weight is 405 g/mol. The minimum Gasteiger partial charge on any atom is -0.459 e. The van der Waals surface area contributed by atoms with Crippen molar-refractivity contribution in [3.05, 3.63) is 59.9 Å². The van der Waals surface area contributed by atoms with Crippen LogP contribution in [-0.4, -0.2) is 24.0 Å². The summed E-state index contributed by atoms with van der Waals surface area (Å²) in [6, 6.07) is 8.21. The molecule has 0 saturated heterocycles. The summed E-state index contributed by atoms with van der Waals surface area (Å²) in [5, 5.41) is 1.94. The smallest absolute Gasteiger partial charge is 0.229 e. The first-order valence-corrected chi connectivity index (χ1v) is 10.4. The van der Waals surface area contributed by atoms with Gasteiger partial charge in [0.15, 0.2) is 0 Å². The Hall–Kier alpha value is -3.02. The number of rotatable bonds is 0. The predicted octanol–water partition coefficient (Wildman–Crippen LogP) is 5.66. The zero-order valence-electron chi connectivity index (χ0n) is 16.7. The molecule has 0 amide bonds. The van der Waals surface area contributed by atoms with Crippen LogP contribution in [0.3, 0.4) is 0 Å². The van der Waals surface area contributed by atoms with Gasteiger partial charge in [0.2, 0.25) is 5.72 Å². The van der Waals surface area contributed by atoms with E-state index in [1.54, 1.807) is 12.4 Å². The summed E-state index contributed by atoms with van der Waals surface area (Å²) in [4.78, 5) is 10.9. The van der Waals surface area contributed by atoms with Gasteiger partial charge in [-0.15, -0.1) is 0 Å². The molecule has 3 aliphatic rings. The number of hydrogen-bond acceptors (Lipinski definition) is 4. The highest BCUT2D eigenvalue weighted by atomic mass is 19.1. The van der Waals surface area contributed by atoms with Crippen LogP contribution in [-0.2, 0) is 5.41 Å². The molecule has 2 spiro atoms. The number of ether oxygens (including phenoxy) is 1. The van der Waals surface area contributed by atoms with Gasteiger partial charge in [-0.1, -0.05) is 19.3 Å². The quantitative estimate of drug-likeness (QED) is 0.485. The van der Waals surface area contributed by atoms with E-state index in [0.29, 0.717) is 17.0 Å². The van der Waals surface area contributed by atoms with E-state index >= 15 is 4.39 Å². The van der Waals surface area contributed by atoms with Gasteiger partial charge in [-0.05, 0) is 37.1 Å². The van der Waals surface area contributed by atoms with Gasteiger partial charge in [-0.3, -0.25) is 9.98 Å². The molecule has 1 saturated carbocycles. The molecule has 152 valence electrons. The molecule has 3 heterocycles. The van der Waals surface area contributed by atoms with Gasteiger partial charge in [0, 0.05) is 47.5 Å². The van der Waals surface area contributed by atoms with E-state index in [-0.39, 0.29) is 0 Å². The molecule has 0 N–H and O–H groups in total. The summed E-state index contributed by atoms with van der Waals surface area (Å²) in [5.41, 5.74) is 0.266. The van der Waals surface area contributed by atoms with Crippen molar-refractivity contribution in [2.24, 2.45) is 4.99 Å². The second-order valence-electron chi connectivity index (χ2n) is 8.55. The van der Waals surface area contributed by atoms with Gasteiger partial charge in [0.25, 0.3) is 0 Å². The van der Waals surface area contributed by atoms with Crippen LogP contribution in [0.5, 0.6) is 5.75 Å². The zero-order chi connectivity index (χ0) is 20.5. The summed E-state index contributed by atoms with van der Waals surface area (Å²) in [6.07, 6.45) is 9.94. The van der Waals surface area contributed by atoms with Crippen LogP contribution in [0.2, 0.25) is 0 Å². The van der Waals surface area contributed by atoms with E-state index in [4.69, 9.17) is 9.73 Å². The first-order valence-electron chi connectivity index (χ1n) is 10.4. The summed E-state index contributed by atoms with van der Waals surface area (Å²) < 4.78 is 36.1. The van der Waals surface area contributed by atoms with Gasteiger partial charge in [0.05, 0.1) is 11.6 Å². The number of aliphatic imine (C=N–C) groups is 1. The van der Waals surface area contributed by atoms with Crippen LogP contribution in [0.4, 0.5) is 20.2 Å². The number of anilines is 1. The number of nitrogens with zero attached hydrogens (tertiary/aromatic N) is 3. The van der Waals surface area contributed by atoms with Crippen molar-refractivity contribution >= 4 is 28.4 Å². The Morgan fingerprint density at radius 1 is 1.07 bits per heavy atom. The van der Waals surface area contributed by atoms with Crippen molar-refractivity contribution < 1.29 is 13.5 Å². The van der Waals surface area contributed by atoms with Gasteiger partial charge in [-0.2, -0.15) is 0 Å². The van der Waals surface area contributed by atoms with E-state index < -0.39 is 22.8 Å². The van der Waals surface area contributed by atoms with Crippen molar-refractivity contribution in [2.75, 3.05) is 11.9 Å². The molecule has 0 bridgehead atoms. The minimum absolute atomic E-state index is 0.497. The second-order valence-corrected chi connectivity index (χ2v) is 8.55. The molecule has 6 rings (SSSR count). The Labute approximate surface area is 173 Å². The summed E-state index contributed by atoms with van der Waals surface area (Å²) in [5.74, 6) is -0.419. The van der Waals surface area contributed by atoms with E-state index in [0.717, 1.165) is 54.6 Å². The lowest BCUT2D eigenvalue weighted by Gasteiger charge is -2.49. The van der Waals surface area contributed by atoms with Crippen LogP contribution in [0.15, 0.2) is 47.7 Å². The Bertz CT molecular complexity index is 1220. The summed E-state index contributed by atoms with van der Waals surface area (Å²) in [7, 11) is 1.85. The third-order valence-corrected chi connectivity index (χ3v) is 7.15. The number of halogens is 2. The van der Waals surface area contributed by atoms with E-state index in [9.17, 15) is 4.39 Å². The maximum atomic E-state index is 15.2. The van der Waals surface area contributed by atoms with Crippen LogP contribution < -0.4 is 9.64 Å². The molecule has 1 aromatic heterocycles. The molecule has 1 fully saturated rings. The van der Waals surface area contributed by atoms with E-state index in [1.165, 1.54) is 6.07 Å². The van der Waals surface area contributed by atoms with Crippen molar-refractivity contribution in [2.45, 2.75) is 43.2 Å². The highest BCUT2D eigenvalue weighted by molar-refractivity contribution is 5.99. The minimum atomic E-state index is -0.988. The number of hydrogen-bond donors (Lipinski definition) is 0. The maximum Gasteiger partial charge on any atom is 0.229 e. The fourth-order valence-corrected chi connectivity index (χ4v) is 5.81. The van der Waals surface area contributed by atoms with Crippen molar-refractivity contribution in [1.82, 2.24) is 4.98 Å². The lowest BCUT2D eigenvalue weighted by Crippen LogP contribution is -2.63. The molecular weight excluding hydrogens is 384 g/mol. The lowest BCUT2D eigenvalue weighted by molar-refractivity contribution is 0.0384. The van der Waals surface area contributed by atoms with E-state index in [1.807, 2.05) is 36.4 Å². The van der Waals surface area contributed by atoms with Gasteiger partial charge in [0.1, 0.15) is 23.1 Å². The molecule has 6 heteroatoms. The van der Waals surface area contributed by atoms with Crippen LogP contribution in [0, 0.1) is 11.6 Å². The largest absolute Gasteiger partial charge is 0.459 e. The zero-order valence-corrected chi connectivity index (χ0v) is 16.7. The standard InChI is InChI=1S/C24H21F2N3O/c1-29-19-12-16(25)11-18(26)21(19)23(8-3-2-4-9-23)24(29)14-28-22-17-7-10-27-13-15(17)5-6-20(22)30-24/h5-7,10-14H,2-4,8-9H2,1H3. The van der Waals surface area contributed by atoms with Crippen molar-refractivity contribution in [3.8, 4) is 5.75 Å². The number of pyridine rings is 1. The molecule has 30 heavy (non-hydrogen) atoms. The first-order chi connectivity index (χ1) is 14.6. The molecule has 3 aromatic rings. The number of fused-ring (bicyclic) bond motifs is 6. The Kier molecular flexibility index (Phi) is 3.56. The third-order valence-electron chi connectivity index (χ3n) is 7.15. The molecule has 1 unspecified atom stereocenters. The molecule has 0 radical (unpaired) electrons. The highest BCUT2D eigenvalue weighted by Crippen LogP contribution is 2.60. The Morgan fingerprint density at radius 2 is 1.90 bits per heavy atom. The van der Waals surface area contributed by atoms with Crippen LogP contribution >= 0.6 is 0 Å². The van der Waals surface area contributed by atoms with Crippen LogP contribution in [0.25, 0.3) is 10.8 Å². The lowest BCUT2D eigenvalue weighted by atomic mass is 9.64. The van der Waals surface area contributed by atoms with E-state index in [2.05, 4.69) is 4.98 Å². The summed E-state index contributed by atoms with van der Waals surface area (Å²) >= 11 is 0. The maximum absolute atomic E-state index is 15.2. The second kappa shape index (κ2) is 6.00. The predicted molar refractivity (Wildman–Crippen MR) is 113 cm³/mol. The Balaban J connectivity index is 1.60. The third kappa shape index (κ3) is 2.09. The molecule has 2 aliphatic heterocycles. The fraction of sp³-hybridized carbons (Fsp3) is 0.333. The summed E-state index contributed by atoms with van der Waals surface area (Å²) in [6.45, 7) is 0. The molecule has 2 aromatic carbocycles. The number of likely N-dealkylation sites (N-methyl/N-ethyl adjacent to an activating group) is 1. The normalized spacial score (nSPS) is 23.6. The monoisotopic (exact) mass is 405 g/mol. The van der Waals surface area contributed by atoms with Crippen LogP contribution in [0.1, 0.15) is 37.7 Å². The van der Waals surface area contributed by atoms with Crippen molar-refractivity contribution in [1.29, 1.82) is 0 Å². The number of benzene rings is 2. The highest BCUT2D eigenvalue weighted by Gasteiger charge is 2.64. The fourth-order valence-electron chi connectivity index (χ4n) is 5.81. The Morgan fingerprint density at radius 3 is 2.73 bits per heavy atom. The van der Waals surface area contributed by atoms with Gasteiger partial charge < -0.3 is 9.64 Å². The average Bonchev–Trinajstić information content (AvgIpc) is 2.94.